The number of thioether (sulfide) groups is 1. The summed E-state index contributed by atoms with van der Waals surface area (Å²) >= 11 is 1.20. The van der Waals surface area contributed by atoms with Gasteiger partial charge in [-0.25, -0.2) is 18.8 Å². The number of esters is 1. The minimum Gasteiger partial charge on any atom is -0.462 e. The number of hydrogen-bond acceptors (Lipinski definition) is 10. The Balaban J connectivity index is 2.16. The third kappa shape index (κ3) is 6.98. The minimum atomic E-state index is -4.12. The van der Waals surface area contributed by atoms with Gasteiger partial charge in [0.1, 0.15) is 24.2 Å². The van der Waals surface area contributed by atoms with Gasteiger partial charge in [0.25, 0.3) is 5.56 Å². The number of aliphatic hydroxyl groups is 1. The van der Waals surface area contributed by atoms with E-state index in [1.54, 1.807) is 20.1 Å². The number of carbonyl (C=O) groups is 1. The molecule has 188 valence electrons. The maximum Gasteiger partial charge on any atom is 0.407 e. The van der Waals surface area contributed by atoms with E-state index in [1.165, 1.54) is 18.7 Å². The highest BCUT2D eigenvalue weighted by Gasteiger charge is 2.55. The van der Waals surface area contributed by atoms with E-state index in [0.717, 1.165) is 23.8 Å². The van der Waals surface area contributed by atoms with Gasteiger partial charge in [0.05, 0.1) is 12.7 Å². The molecule has 2 heterocycles. The molecule has 1 saturated heterocycles. The smallest absolute Gasteiger partial charge is 0.407 e. The summed E-state index contributed by atoms with van der Waals surface area (Å²) < 4.78 is 50.3. The molecule has 0 saturated carbocycles. The van der Waals surface area contributed by atoms with Crippen molar-refractivity contribution < 1.29 is 37.4 Å². The molecule has 15 heteroatoms. The Bertz CT molecular complexity index is 985. The third-order valence-corrected chi connectivity index (χ3v) is 6.82. The number of aromatic nitrogens is 2. The Morgan fingerprint density at radius 2 is 2.09 bits per heavy atom. The van der Waals surface area contributed by atoms with Gasteiger partial charge in [0.2, 0.25) is 0 Å². The van der Waals surface area contributed by atoms with Crippen LogP contribution in [0, 0.1) is 0 Å². The van der Waals surface area contributed by atoms with Crippen LogP contribution >= 0.6 is 19.5 Å². The summed E-state index contributed by atoms with van der Waals surface area (Å²) in [5.41, 5.74) is -4.07. The number of nitrogens with zero attached hydrogens (tertiary/aromatic N) is 1. The lowest BCUT2D eigenvalue weighted by molar-refractivity contribution is -0.149. The van der Waals surface area contributed by atoms with Gasteiger partial charge in [0.15, 0.2) is 11.9 Å². The van der Waals surface area contributed by atoms with Gasteiger partial charge < -0.3 is 14.6 Å². The lowest BCUT2D eigenvalue weighted by atomic mass is 9.98. The van der Waals surface area contributed by atoms with Crippen LogP contribution in [0.15, 0.2) is 21.9 Å². The standard InChI is InChI=1S/C18H29FN3O9PS/c1-10(2)30-15(25)11(3)21-32(27,29-9-33-5)28-8-12-14(24)18(4,19)16(31-12)22-7-6-13(23)20-17(22)26/h6-7,10-12,14,16,24H,8-9H2,1-5H3,(H,21,27)(H,20,23,26)/t11?,12-,14?,16-,18+,32?/m1/s1. The highest BCUT2D eigenvalue weighted by atomic mass is 32.2. The Kier molecular flexibility index (Phi) is 9.45. The van der Waals surface area contributed by atoms with Crippen LogP contribution in [0.2, 0.25) is 0 Å². The van der Waals surface area contributed by atoms with Crippen molar-refractivity contribution in [2.24, 2.45) is 0 Å². The maximum atomic E-state index is 15.3. The molecule has 1 aromatic rings. The molecule has 1 fully saturated rings. The van der Waals surface area contributed by atoms with E-state index in [1.807, 2.05) is 4.98 Å². The third-order valence-electron chi connectivity index (χ3n) is 4.63. The summed E-state index contributed by atoms with van der Waals surface area (Å²) in [5, 5.41) is 12.9. The summed E-state index contributed by atoms with van der Waals surface area (Å²) in [5.74, 6) is -0.742. The van der Waals surface area contributed by atoms with Crippen LogP contribution in [-0.4, -0.2) is 69.5 Å². The van der Waals surface area contributed by atoms with Gasteiger partial charge in [-0.1, -0.05) is 0 Å². The molecule has 1 aromatic heterocycles. The monoisotopic (exact) mass is 513 g/mol. The number of ether oxygens (including phenoxy) is 2. The molecule has 1 aliphatic heterocycles. The predicted molar refractivity (Wildman–Crippen MR) is 118 cm³/mol. The van der Waals surface area contributed by atoms with E-state index >= 15 is 4.39 Å². The molecule has 3 N–H and O–H groups in total. The van der Waals surface area contributed by atoms with Gasteiger partial charge in [0, 0.05) is 12.3 Å². The zero-order valence-electron chi connectivity index (χ0n) is 18.8. The highest BCUT2D eigenvalue weighted by molar-refractivity contribution is 7.98. The predicted octanol–water partition coefficient (Wildman–Crippen LogP) is 0.915. The van der Waals surface area contributed by atoms with Crippen LogP contribution in [0.4, 0.5) is 4.39 Å². The summed E-state index contributed by atoms with van der Waals surface area (Å²) in [6.45, 7) is 5.14. The zero-order valence-corrected chi connectivity index (χ0v) is 20.6. The molecule has 0 bridgehead atoms. The van der Waals surface area contributed by atoms with Gasteiger partial charge in [-0.3, -0.25) is 28.2 Å². The van der Waals surface area contributed by atoms with E-state index in [4.69, 9.17) is 18.5 Å². The van der Waals surface area contributed by atoms with Crippen LogP contribution in [0.25, 0.3) is 0 Å². The molecule has 12 nitrogen and oxygen atoms in total. The van der Waals surface area contributed by atoms with E-state index in [0.29, 0.717) is 0 Å². The Morgan fingerprint density at radius 3 is 2.67 bits per heavy atom. The lowest BCUT2D eigenvalue weighted by Crippen LogP contribution is -2.43. The van der Waals surface area contributed by atoms with Crippen LogP contribution < -0.4 is 16.3 Å². The molecule has 33 heavy (non-hydrogen) atoms. The van der Waals surface area contributed by atoms with Gasteiger partial charge >= 0.3 is 19.4 Å². The first-order valence-corrected chi connectivity index (χ1v) is 12.9. The van der Waals surface area contributed by atoms with E-state index in [-0.39, 0.29) is 5.94 Å². The summed E-state index contributed by atoms with van der Waals surface area (Å²) in [4.78, 5) is 37.4. The van der Waals surface area contributed by atoms with Crippen molar-refractivity contribution in [3.05, 3.63) is 33.1 Å². The number of halogens is 1. The molecule has 1 aliphatic rings. The van der Waals surface area contributed by atoms with Crippen LogP contribution in [0.3, 0.4) is 0 Å². The number of alkyl halides is 1. The van der Waals surface area contributed by atoms with E-state index < -0.39 is 67.8 Å². The second-order valence-corrected chi connectivity index (χ2v) is 10.4. The van der Waals surface area contributed by atoms with Crippen molar-refractivity contribution in [3.8, 4) is 0 Å². The average Bonchev–Trinajstić information content (AvgIpc) is 2.94. The van der Waals surface area contributed by atoms with Crippen molar-refractivity contribution in [3.63, 3.8) is 0 Å². The number of aromatic amines is 1. The fourth-order valence-corrected chi connectivity index (χ4v) is 5.12. The highest BCUT2D eigenvalue weighted by Crippen LogP contribution is 2.47. The SMILES string of the molecule is CSCOP(=O)(NC(C)C(=O)OC(C)C)OC[C@H]1O[C@@H](n2ccc(=O)[nH]c2=O)[C@@](C)(F)C1O. The summed E-state index contributed by atoms with van der Waals surface area (Å²) in [6.07, 6.45) is -2.40. The van der Waals surface area contributed by atoms with Crippen molar-refractivity contribution >= 4 is 25.5 Å². The molecular weight excluding hydrogens is 484 g/mol. The Hall–Kier alpha value is -1.54. The molecular formula is C18H29FN3O9PS. The summed E-state index contributed by atoms with van der Waals surface area (Å²) in [6, 6.07) is -0.0586. The quantitative estimate of drug-likeness (QED) is 0.219. The van der Waals surface area contributed by atoms with Gasteiger partial charge in [-0.2, -0.15) is 0 Å². The minimum absolute atomic E-state index is 0.0550. The number of carbonyl (C=O) groups excluding carboxylic acids is 1. The zero-order chi connectivity index (χ0) is 25.0. The van der Waals surface area contributed by atoms with Crippen molar-refractivity contribution in [1.29, 1.82) is 0 Å². The van der Waals surface area contributed by atoms with Crippen LogP contribution in [0.5, 0.6) is 0 Å². The fourth-order valence-electron chi connectivity index (χ4n) is 2.99. The lowest BCUT2D eigenvalue weighted by Gasteiger charge is -2.25. The number of nitrogens with one attached hydrogen (secondary N) is 2. The van der Waals surface area contributed by atoms with Crippen molar-refractivity contribution in [1.82, 2.24) is 14.6 Å². The summed E-state index contributed by atoms with van der Waals surface area (Å²) in [7, 11) is -4.12. The average molecular weight is 513 g/mol. The van der Waals surface area contributed by atoms with Crippen LogP contribution in [-0.2, 0) is 27.9 Å². The van der Waals surface area contributed by atoms with Crippen molar-refractivity contribution in [2.45, 2.75) is 63.9 Å². The number of aliphatic hydroxyl groups excluding tert-OH is 1. The normalized spacial score (nSPS) is 27.9. The molecule has 0 radical (unpaired) electrons. The second-order valence-electron chi connectivity index (χ2n) is 7.81. The molecule has 0 aliphatic carbocycles. The first kappa shape index (κ1) is 27.7. The van der Waals surface area contributed by atoms with Crippen LogP contribution in [0.1, 0.15) is 33.9 Å². The molecule has 2 rings (SSSR count). The number of H-pyrrole nitrogens is 1. The largest absolute Gasteiger partial charge is 0.462 e. The van der Waals surface area contributed by atoms with Gasteiger partial charge in [-0.15, -0.1) is 11.8 Å². The molecule has 0 amide bonds. The number of hydrogen-bond donors (Lipinski definition) is 3. The van der Waals surface area contributed by atoms with Crippen molar-refractivity contribution in [2.75, 3.05) is 18.8 Å². The Labute approximate surface area is 193 Å². The second kappa shape index (κ2) is 11.3. The first-order valence-electron chi connectivity index (χ1n) is 10.0. The van der Waals surface area contributed by atoms with Gasteiger partial charge in [-0.05, 0) is 34.0 Å². The first-order chi connectivity index (χ1) is 15.3. The molecule has 6 atom stereocenters. The molecule has 0 aromatic carbocycles. The Morgan fingerprint density at radius 1 is 1.42 bits per heavy atom. The van der Waals surface area contributed by atoms with E-state index in [9.17, 15) is 24.1 Å². The molecule has 0 spiro atoms. The number of rotatable bonds is 11. The van der Waals surface area contributed by atoms with E-state index in [2.05, 4.69) is 5.09 Å². The molecule has 3 unspecified atom stereocenters. The fraction of sp³-hybridized carbons (Fsp3) is 0.722. The maximum absolute atomic E-state index is 15.3. The topological polar surface area (TPSA) is 158 Å².